The van der Waals surface area contributed by atoms with Crippen molar-refractivity contribution >= 4 is 30.8 Å². The molecule has 6 rings (SSSR count). The third kappa shape index (κ3) is 5.51. The lowest BCUT2D eigenvalue weighted by Gasteiger charge is -2.32. The van der Waals surface area contributed by atoms with Crippen molar-refractivity contribution in [2.24, 2.45) is 16.7 Å². The summed E-state index contributed by atoms with van der Waals surface area (Å²) in [6, 6.07) is 26.3. The first kappa shape index (κ1) is 30.7. The summed E-state index contributed by atoms with van der Waals surface area (Å²) < 4.78 is 6.67. The highest BCUT2D eigenvalue weighted by Crippen LogP contribution is 2.56. The molecule has 0 bridgehead atoms. The Labute approximate surface area is 267 Å². The summed E-state index contributed by atoms with van der Waals surface area (Å²) in [6.45, 7) is 23.4. The second-order valence-electron chi connectivity index (χ2n) is 15.4. The molecule has 0 spiro atoms. The van der Waals surface area contributed by atoms with E-state index >= 15 is 0 Å². The van der Waals surface area contributed by atoms with E-state index in [0.717, 1.165) is 18.2 Å². The SMILES string of the molecule is C=CCOc1c([Si](CC2C3=CC(C)(C)CCC3=C3C2=c2ccccc2=CC3(C)C)c2ccccc2)cc(C)cc1C(C)(C)C. The van der Waals surface area contributed by atoms with Gasteiger partial charge in [0.05, 0.1) is 0 Å². The van der Waals surface area contributed by atoms with Gasteiger partial charge in [-0.2, -0.15) is 0 Å². The summed E-state index contributed by atoms with van der Waals surface area (Å²) in [5.41, 5.74) is 9.16. The lowest BCUT2D eigenvalue weighted by atomic mass is 9.73. The second-order valence-corrected chi connectivity index (χ2v) is 17.9. The number of ether oxygens (including phenoxy) is 1. The third-order valence-electron chi connectivity index (χ3n) is 9.86. The van der Waals surface area contributed by atoms with Crippen LogP contribution in [0.15, 0.2) is 102 Å². The number of hydrogen-bond acceptors (Lipinski definition) is 1. The van der Waals surface area contributed by atoms with Crippen LogP contribution >= 0.6 is 0 Å². The Bertz CT molecular complexity index is 1790. The van der Waals surface area contributed by atoms with Gasteiger partial charge in [-0.25, -0.2) is 0 Å². The molecule has 0 fully saturated rings. The molecule has 0 N–H and O–H groups in total. The Balaban J connectivity index is 1.63. The quantitative estimate of drug-likeness (QED) is 0.199. The van der Waals surface area contributed by atoms with Gasteiger partial charge in [0.2, 0.25) is 0 Å². The van der Waals surface area contributed by atoms with Crippen LogP contribution in [0.4, 0.5) is 0 Å². The minimum atomic E-state index is -1.28. The van der Waals surface area contributed by atoms with Gasteiger partial charge in [-0.3, -0.25) is 0 Å². The fourth-order valence-corrected chi connectivity index (χ4v) is 11.0. The summed E-state index contributed by atoms with van der Waals surface area (Å²) >= 11 is 0. The summed E-state index contributed by atoms with van der Waals surface area (Å²) in [6.07, 6.45) is 9.42. The van der Waals surface area contributed by atoms with Gasteiger partial charge in [0.1, 0.15) is 21.2 Å². The second kappa shape index (κ2) is 11.2. The monoisotopic (exact) mass is 597 g/mol. The zero-order valence-corrected chi connectivity index (χ0v) is 29.1. The highest BCUT2D eigenvalue weighted by Gasteiger charge is 2.45. The molecule has 1 nitrogen and oxygen atoms in total. The number of rotatable bonds is 7. The van der Waals surface area contributed by atoms with Crippen molar-refractivity contribution in [1.82, 2.24) is 0 Å². The molecule has 1 atom stereocenters. The molecule has 0 aliphatic heterocycles. The van der Waals surface area contributed by atoms with Crippen molar-refractivity contribution in [1.29, 1.82) is 0 Å². The molecule has 0 amide bonds. The average Bonchev–Trinajstić information content (AvgIpc) is 3.28. The van der Waals surface area contributed by atoms with Crippen LogP contribution in [-0.2, 0) is 5.41 Å². The van der Waals surface area contributed by atoms with Gasteiger partial charge < -0.3 is 4.74 Å². The molecule has 0 saturated heterocycles. The van der Waals surface area contributed by atoms with Gasteiger partial charge in [0.15, 0.2) is 0 Å². The van der Waals surface area contributed by atoms with Crippen LogP contribution in [0.5, 0.6) is 5.75 Å². The zero-order valence-electron chi connectivity index (χ0n) is 28.1. The van der Waals surface area contributed by atoms with Crippen molar-refractivity contribution in [2.45, 2.75) is 79.7 Å². The lowest BCUT2D eigenvalue weighted by molar-refractivity contribution is 0.354. The minimum absolute atomic E-state index is 0.00499. The van der Waals surface area contributed by atoms with E-state index in [1.165, 1.54) is 38.4 Å². The van der Waals surface area contributed by atoms with Crippen molar-refractivity contribution in [3.63, 3.8) is 0 Å². The first-order valence-electron chi connectivity index (χ1n) is 16.4. The number of allylic oxidation sites excluding steroid dienone is 4. The molecule has 0 aromatic heterocycles. The molecule has 1 radical (unpaired) electrons. The van der Waals surface area contributed by atoms with Crippen LogP contribution in [-0.4, -0.2) is 15.4 Å². The summed E-state index contributed by atoms with van der Waals surface area (Å²) in [4.78, 5) is 0. The van der Waals surface area contributed by atoms with Crippen molar-refractivity contribution in [3.05, 3.63) is 124 Å². The summed E-state index contributed by atoms with van der Waals surface area (Å²) in [7, 11) is -1.28. The van der Waals surface area contributed by atoms with Crippen LogP contribution in [0.1, 0.15) is 72.4 Å². The summed E-state index contributed by atoms with van der Waals surface area (Å²) in [5, 5.41) is 5.67. The van der Waals surface area contributed by atoms with E-state index in [4.69, 9.17) is 4.74 Å². The fraction of sp³-hybridized carbons (Fsp3) is 0.381. The molecule has 227 valence electrons. The first-order valence-corrected chi connectivity index (χ1v) is 18.1. The standard InChI is InChI=1S/C42H49OSi/c1-10-22-43-39-35(40(3,4)5)23-28(2)24-36(39)44(30-17-12-11-13-18-30)27-34-33-26-41(6,7)21-20-32(33)38-37(34)31-19-15-14-16-29(31)25-42(38,8)9/h10-19,23-26,34H,1,20-22,27H2,2-9H3. The largest absolute Gasteiger partial charge is 0.489 e. The van der Waals surface area contributed by atoms with Gasteiger partial charge in [-0.15, -0.1) is 0 Å². The zero-order chi connectivity index (χ0) is 31.4. The van der Waals surface area contributed by atoms with Gasteiger partial charge >= 0.3 is 0 Å². The summed E-state index contributed by atoms with van der Waals surface area (Å²) in [5.74, 6) is 1.43. The maximum absolute atomic E-state index is 6.67. The van der Waals surface area contributed by atoms with E-state index in [2.05, 4.69) is 141 Å². The number of hydrogen-bond donors (Lipinski definition) is 0. The molecular weight excluding hydrogens is 549 g/mol. The van der Waals surface area contributed by atoms with Crippen LogP contribution < -0.4 is 25.5 Å². The van der Waals surface area contributed by atoms with E-state index in [1.807, 2.05) is 6.08 Å². The predicted molar refractivity (Wildman–Crippen MR) is 191 cm³/mol. The van der Waals surface area contributed by atoms with Crippen LogP contribution in [0.25, 0.3) is 11.6 Å². The van der Waals surface area contributed by atoms with Crippen LogP contribution in [0, 0.1) is 23.7 Å². The Kier molecular flexibility index (Phi) is 7.81. The Morgan fingerprint density at radius 1 is 0.955 bits per heavy atom. The number of fused-ring (bicyclic) bond motifs is 3. The maximum Gasteiger partial charge on any atom is 0.127 e. The van der Waals surface area contributed by atoms with E-state index in [0.29, 0.717) is 12.5 Å². The third-order valence-corrected chi connectivity index (χ3v) is 12.7. The molecular formula is C42H49OSi. The molecule has 3 aliphatic rings. The molecule has 3 aromatic rings. The van der Waals surface area contributed by atoms with E-state index < -0.39 is 8.80 Å². The molecule has 2 heteroatoms. The number of aryl methyl sites for hydroxylation is 1. The highest BCUT2D eigenvalue weighted by atomic mass is 28.3. The van der Waals surface area contributed by atoms with E-state index in [9.17, 15) is 0 Å². The van der Waals surface area contributed by atoms with Crippen LogP contribution in [0.3, 0.4) is 0 Å². The first-order chi connectivity index (χ1) is 20.8. The topological polar surface area (TPSA) is 9.23 Å². The van der Waals surface area contributed by atoms with Gasteiger partial charge in [-0.05, 0) is 80.1 Å². The van der Waals surface area contributed by atoms with Gasteiger partial charge in [-0.1, -0.05) is 151 Å². The fourth-order valence-electron chi connectivity index (χ4n) is 7.92. The molecule has 3 aromatic carbocycles. The average molecular weight is 598 g/mol. The van der Waals surface area contributed by atoms with E-state index in [-0.39, 0.29) is 16.2 Å². The van der Waals surface area contributed by atoms with Gasteiger partial charge in [0, 0.05) is 11.3 Å². The molecule has 0 saturated carbocycles. The van der Waals surface area contributed by atoms with Crippen molar-refractivity contribution in [2.75, 3.05) is 6.61 Å². The Hall–Kier alpha value is -3.36. The smallest absolute Gasteiger partial charge is 0.127 e. The highest BCUT2D eigenvalue weighted by molar-refractivity contribution is 6.86. The minimum Gasteiger partial charge on any atom is -0.489 e. The molecule has 1 unspecified atom stereocenters. The molecule has 3 aliphatic carbocycles. The molecule has 0 heterocycles. The van der Waals surface area contributed by atoms with Crippen molar-refractivity contribution in [3.8, 4) is 5.75 Å². The van der Waals surface area contributed by atoms with Gasteiger partial charge in [0.25, 0.3) is 0 Å². The normalized spacial score (nSPS) is 20.0. The predicted octanol–water partition coefficient (Wildman–Crippen LogP) is 7.81. The maximum atomic E-state index is 6.67. The number of benzene rings is 3. The van der Waals surface area contributed by atoms with Crippen molar-refractivity contribution < 1.29 is 4.74 Å². The Morgan fingerprint density at radius 2 is 1.66 bits per heavy atom. The van der Waals surface area contributed by atoms with E-state index in [1.54, 1.807) is 22.3 Å². The Morgan fingerprint density at radius 3 is 2.36 bits per heavy atom. The lowest BCUT2D eigenvalue weighted by Crippen LogP contribution is -2.46. The van der Waals surface area contributed by atoms with Crippen LogP contribution in [0.2, 0.25) is 6.04 Å². The molecule has 44 heavy (non-hydrogen) atoms.